The average molecular weight is 467 g/mol. The monoisotopic (exact) mass is 466 g/mol. The molecular formula is C26H27FN2O3S. The van der Waals surface area contributed by atoms with Gasteiger partial charge in [-0.3, -0.25) is 9.59 Å². The van der Waals surface area contributed by atoms with E-state index in [1.165, 1.54) is 17.0 Å². The Morgan fingerprint density at radius 3 is 2.64 bits per heavy atom. The van der Waals surface area contributed by atoms with E-state index in [0.717, 1.165) is 17.5 Å². The van der Waals surface area contributed by atoms with E-state index in [-0.39, 0.29) is 36.3 Å². The molecule has 0 N–H and O–H groups in total. The molecule has 3 aromatic rings. The van der Waals surface area contributed by atoms with Crippen LogP contribution in [0.5, 0.6) is 5.75 Å². The van der Waals surface area contributed by atoms with Crippen molar-refractivity contribution >= 4 is 23.2 Å². The first-order valence-corrected chi connectivity index (χ1v) is 11.8. The summed E-state index contributed by atoms with van der Waals surface area (Å²) in [4.78, 5) is 31.5. The van der Waals surface area contributed by atoms with Crippen molar-refractivity contribution < 1.29 is 18.7 Å². The maximum atomic E-state index is 13.6. The molecule has 1 aliphatic heterocycles. The molecule has 0 fully saturated rings. The standard InChI is InChI=1S/C26H27FN2O3S/c1-17(2)29(26(31)19-5-4-6-21(15-19)32-3)16-24(30)28-13-11-23-22(12-14-33-23)25(28)18-7-9-20(27)10-8-18/h4-10,12,14-15,17,25H,11,13,16H2,1-3H3. The summed E-state index contributed by atoms with van der Waals surface area (Å²) in [5, 5.41) is 2.03. The summed E-state index contributed by atoms with van der Waals surface area (Å²) in [6.45, 7) is 4.31. The number of hydrogen-bond donors (Lipinski definition) is 0. The molecule has 1 unspecified atom stereocenters. The minimum absolute atomic E-state index is 0.0368. The van der Waals surface area contributed by atoms with Crippen molar-refractivity contribution in [1.29, 1.82) is 0 Å². The number of methoxy groups -OCH3 is 1. The molecule has 0 bridgehead atoms. The highest BCUT2D eigenvalue weighted by atomic mass is 32.1. The fourth-order valence-electron chi connectivity index (χ4n) is 4.24. The lowest BCUT2D eigenvalue weighted by Crippen LogP contribution is -2.48. The maximum Gasteiger partial charge on any atom is 0.254 e. The van der Waals surface area contributed by atoms with E-state index in [1.807, 2.05) is 30.2 Å². The van der Waals surface area contributed by atoms with Crippen LogP contribution in [0.3, 0.4) is 0 Å². The highest BCUT2D eigenvalue weighted by Crippen LogP contribution is 2.38. The lowest BCUT2D eigenvalue weighted by molar-refractivity contribution is -0.134. The molecule has 1 aliphatic rings. The van der Waals surface area contributed by atoms with Crippen molar-refractivity contribution in [2.24, 2.45) is 0 Å². The van der Waals surface area contributed by atoms with Crippen molar-refractivity contribution in [1.82, 2.24) is 9.80 Å². The van der Waals surface area contributed by atoms with Crippen LogP contribution in [0.1, 0.15) is 46.3 Å². The van der Waals surface area contributed by atoms with Crippen LogP contribution < -0.4 is 4.74 Å². The summed E-state index contributed by atoms with van der Waals surface area (Å²) in [6.07, 6.45) is 0.766. The largest absolute Gasteiger partial charge is 0.497 e. The van der Waals surface area contributed by atoms with Crippen molar-refractivity contribution in [3.8, 4) is 5.75 Å². The zero-order valence-corrected chi connectivity index (χ0v) is 19.8. The molecule has 172 valence electrons. The van der Waals surface area contributed by atoms with Gasteiger partial charge in [-0.15, -0.1) is 11.3 Å². The molecule has 5 nitrogen and oxygen atoms in total. The number of benzene rings is 2. The molecule has 0 radical (unpaired) electrons. The first kappa shape index (κ1) is 23.0. The summed E-state index contributed by atoms with van der Waals surface area (Å²) >= 11 is 1.68. The Hall–Kier alpha value is -3.19. The number of amides is 2. The zero-order chi connectivity index (χ0) is 23.5. The van der Waals surface area contributed by atoms with Crippen molar-refractivity contribution in [3.05, 3.63) is 87.4 Å². The number of thiophene rings is 1. The van der Waals surface area contributed by atoms with Gasteiger partial charge in [0.1, 0.15) is 18.1 Å². The third kappa shape index (κ3) is 4.78. The molecule has 0 aliphatic carbocycles. The smallest absolute Gasteiger partial charge is 0.254 e. The van der Waals surface area contributed by atoms with Gasteiger partial charge in [0.2, 0.25) is 5.91 Å². The fourth-order valence-corrected chi connectivity index (χ4v) is 5.14. The molecule has 2 amide bonds. The number of nitrogens with zero attached hydrogens (tertiary/aromatic N) is 2. The van der Waals surface area contributed by atoms with Gasteiger partial charge in [-0.2, -0.15) is 0 Å². The molecule has 4 rings (SSSR count). The Bertz CT molecular complexity index is 1140. The van der Waals surface area contributed by atoms with Crippen LogP contribution in [0.4, 0.5) is 4.39 Å². The van der Waals surface area contributed by atoms with Crippen LogP contribution in [0.2, 0.25) is 0 Å². The number of rotatable bonds is 6. The molecule has 1 aromatic heterocycles. The predicted octanol–water partition coefficient (Wildman–Crippen LogP) is 4.92. The average Bonchev–Trinajstić information content (AvgIpc) is 3.31. The van der Waals surface area contributed by atoms with Crippen LogP contribution in [0, 0.1) is 5.82 Å². The van der Waals surface area contributed by atoms with Gasteiger partial charge in [-0.1, -0.05) is 18.2 Å². The summed E-state index contributed by atoms with van der Waals surface area (Å²) in [5.74, 6) is -0.0731. The molecule has 2 heterocycles. The van der Waals surface area contributed by atoms with E-state index < -0.39 is 0 Å². The maximum absolute atomic E-state index is 13.6. The Labute approximate surface area is 197 Å². The molecule has 0 saturated heterocycles. The summed E-state index contributed by atoms with van der Waals surface area (Å²) in [7, 11) is 1.55. The first-order chi connectivity index (χ1) is 15.9. The van der Waals surface area contributed by atoms with Crippen LogP contribution in [-0.2, 0) is 11.2 Å². The topological polar surface area (TPSA) is 49.9 Å². The van der Waals surface area contributed by atoms with Gasteiger partial charge in [0.25, 0.3) is 5.91 Å². The highest BCUT2D eigenvalue weighted by Gasteiger charge is 2.34. The second-order valence-corrected chi connectivity index (χ2v) is 9.35. The Kier molecular flexibility index (Phi) is 6.79. The molecule has 7 heteroatoms. The van der Waals surface area contributed by atoms with Gasteiger partial charge >= 0.3 is 0 Å². The van der Waals surface area contributed by atoms with Gasteiger partial charge in [-0.25, -0.2) is 4.39 Å². The normalized spacial score (nSPS) is 15.3. The number of halogens is 1. The van der Waals surface area contributed by atoms with Gasteiger partial charge in [0.05, 0.1) is 13.2 Å². The summed E-state index contributed by atoms with van der Waals surface area (Å²) in [6, 6.07) is 14.8. The van der Waals surface area contributed by atoms with E-state index in [9.17, 15) is 14.0 Å². The summed E-state index contributed by atoms with van der Waals surface area (Å²) < 4.78 is 18.8. The molecular weight excluding hydrogens is 439 g/mol. The molecule has 0 spiro atoms. The van der Waals surface area contributed by atoms with E-state index in [1.54, 1.807) is 59.7 Å². The quantitative estimate of drug-likeness (QED) is 0.518. The Morgan fingerprint density at radius 2 is 1.94 bits per heavy atom. The number of ether oxygens (including phenoxy) is 1. The van der Waals surface area contributed by atoms with Crippen LogP contribution in [0.15, 0.2) is 60.0 Å². The number of carbonyl (C=O) groups is 2. The predicted molar refractivity (Wildman–Crippen MR) is 127 cm³/mol. The van der Waals surface area contributed by atoms with E-state index in [2.05, 4.69) is 0 Å². The van der Waals surface area contributed by atoms with Crippen LogP contribution >= 0.6 is 11.3 Å². The molecule has 1 atom stereocenters. The number of fused-ring (bicyclic) bond motifs is 1. The lowest BCUT2D eigenvalue weighted by Gasteiger charge is -2.38. The molecule has 2 aromatic carbocycles. The van der Waals surface area contributed by atoms with E-state index >= 15 is 0 Å². The van der Waals surface area contributed by atoms with E-state index in [0.29, 0.717) is 17.9 Å². The summed E-state index contributed by atoms with van der Waals surface area (Å²) in [5.41, 5.74) is 2.41. The lowest BCUT2D eigenvalue weighted by atomic mass is 9.93. The van der Waals surface area contributed by atoms with Crippen molar-refractivity contribution in [2.75, 3.05) is 20.2 Å². The van der Waals surface area contributed by atoms with Gasteiger partial charge in [0.15, 0.2) is 0 Å². The Morgan fingerprint density at radius 1 is 1.18 bits per heavy atom. The van der Waals surface area contributed by atoms with Gasteiger partial charge in [0, 0.05) is 23.0 Å². The highest BCUT2D eigenvalue weighted by molar-refractivity contribution is 7.10. The van der Waals surface area contributed by atoms with Crippen LogP contribution in [-0.4, -0.2) is 47.9 Å². The number of carbonyl (C=O) groups excluding carboxylic acids is 2. The van der Waals surface area contributed by atoms with E-state index in [4.69, 9.17) is 4.74 Å². The third-order valence-electron chi connectivity index (χ3n) is 5.98. The zero-order valence-electron chi connectivity index (χ0n) is 19.0. The van der Waals surface area contributed by atoms with Gasteiger partial charge in [-0.05, 0) is 73.2 Å². The van der Waals surface area contributed by atoms with Crippen molar-refractivity contribution in [3.63, 3.8) is 0 Å². The first-order valence-electron chi connectivity index (χ1n) is 10.9. The minimum Gasteiger partial charge on any atom is -0.497 e. The fraction of sp³-hybridized carbons (Fsp3) is 0.308. The SMILES string of the molecule is COc1cccc(C(=O)N(CC(=O)N2CCc3sccc3C2c2ccc(F)cc2)C(C)C)c1. The second-order valence-electron chi connectivity index (χ2n) is 8.35. The third-order valence-corrected chi connectivity index (χ3v) is 6.98. The molecule has 33 heavy (non-hydrogen) atoms. The number of hydrogen-bond acceptors (Lipinski definition) is 4. The Balaban J connectivity index is 1.62. The van der Waals surface area contributed by atoms with Gasteiger partial charge < -0.3 is 14.5 Å². The minimum atomic E-state index is -0.312. The van der Waals surface area contributed by atoms with Crippen molar-refractivity contribution in [2.45, 2.75) is 32.4 Å². The second kappa shape index (κ2) is 9.75. The molecule has 0 saturated carbocycles. The van der Waals surface area contributed by atoms with Crippen LogP contribution in [0.25, 0.3) is 0 Å².